The molecule has 28 heavy (non-hydrogen) atoms. The Bertz CT molecular complexity index is 699. The van der Waals surface area contributed by atoms with Gasteiger partial charge in [-0.05, 0) is 56.5 Å². The van der Waals surface area contributed by atoms with Crippen LogP contribution in [0.2, 0.25) is 0 Å². The average molecular weight is 385 g/mol. The monoisotopic (exact) mass is 384 g/mol. The van der Waals surface area contributed by atoms with Crippen LogP contribution in [0, 0.1) is 0 Å². The number of hydrogen-bond donors (Lipinski definition) is 0. The van der Waals surface area contributed by atoms with Crippen LogP contribution in [0.5, 0.6) is 5.75 Å². The first-order valence-electron chi connectivity index (χ1n) is 10.4. The highest BCUT2D eigenvalue weighted by Gasteiger charge is 2.15. The number of rotatable bonds is 12. The van der Waals surface area contributed by atoms with Crippen molar-refractivity contribution < 1.29 is 14.3 Å². The highest BCUT2D eigenvalue weighted by atomic mass is 16.6. The second-order valence-corrected chi connectivity index (χ2v) is 6.97. The van der Waals surface area contributed by atoms with Gasteiger partial charge in [-0.2, -0.15) is 0 Å². The maximum absolute atomic E-state index is 11.6. The van der Waals surface area contributed by atoms with Gasteiger partial charge >= 0.3 is 5.97 Å². The first-order valence-corrected chi connectivity index (χ1v) is 10.4. The lowest BCUT2D eigenvalue weighted by Gasteiger charge is -2.13. The number of carbonyl (C=O) groups excluding carboxylic acids is 1. The maximum Gasteiger partial charge on any atom is 0.347 e. The number of benzene rings is 1. The van der Waals surface area contributed by atoms with Gasteiger partial charge in [0.05, 0.1) is 6.61 Å². The van der Waals surface area contributed by atoms with Gasteiger partial charge in [0, 0.05) is 18.0 Å². The molecule has 152 valence electrons. The molecule has 0 bridgehead atoms. The van der Waals surface area contributed by atoms with Crippen molar-refractivity contribution in [2.75, 3.05) is 6.61 Å². The smallest absolute Gasteiger partial charge is 0.347 e. The number of unbranched alkanes of at least 4 members (excludes halogenated alkanes) is 5. The van der Waals surface area contributed by atoms with E-state index in [1.54, 1.807) is 13.8 Å². The third-order valence-electron chi connectivity index (χ3n) is 4.57. The fourth-order valence-electron chi connectivity index (χ4n) is 2.94. The summed E-state index contributed by atoms with van der Waals surface area (Å²) in [5.74, 6) is 0.941. The molecule has 0 aliphatic heterocycles. The van der Waals surface area contributed by atoms with E-state index in [4.69, 9.17) is 9.47 Å². The minimum Gasteiger partial charge on any atom is -0.479 e. The molecule has 1 heterocycles. The number of ether oxygens (including phenoxy) is 2. The minimum absolute atomic E-state index is 0.345. The standard InChI is InChI=1S/C23H32N2O3/c1-4-6-7-8-9-10-11-19-16-24-22(25-17-19)20-12-14-21(15-13-20)28-18(3)23(26)27-5-2/h12-18H,4-11H2,1-3H3. The van der Waals surface area contributed by atoms with Gasteiger partial charge in [-0.1, -0.05) is 39.0 Å². The van der Waals surface area contributed by atoms with Crippen molar-refractivity contribution >= 4 is 5.97 Å². The van der Waals surface area contributed by atoms with Gasteiger partial charge in [0.25, 0.3) is 0 Å². The molecule has 0 spiro atoms. The number of hydrogen-bond acceptors (Lipinski definition) is 5. The van der Waals surface area contributed by atoms with Crippen LogP contribution in [-0.4, -0.2) is 28.6 Å². The number of nitrogens with zero attached hydrogens (tertiary/aromatic N) is 2. The Morgan fingerprint density at radius 1 is 0.964 bits per heavy atom. The Kier molecular flexibility index (Phi) is 9.46. The molecular formula is C23H32N2O3. The molecule has 0 aliphatic carbocycles. The van der Waals surface area contributed by atoms with E-state index in [2.05, 4.69) is 16.9 Å². The van der Waals surface area contributed by atoms with Gasteiger partial charge in [0.15, 0.2) is 11.9 Å². The van der Waals surface area contributed by atoms with E-state index in [0.29, 0.717) is 18.2 Å². The average Bonchev–Trinajstić information content (AvgIpc) is 2.72. The molecule has 2 aromatic rings. The summed E-state index contributed by atoms with van der Waals surface area (Å²) in [6.07, 6.45) is 12.0. The molecule has 0 aliphatic rings. The second kappa shape index (κ2) is 12.1. The molecule has 2 rings (SSSR count). The largest absolute Gasteiger partial charge is 0.479 e. The SMILES string of the molecule is CCCCCCCCc1cnc(-c2ccc(OC(C)C(=O)OCC)cc2)nc1. The lowest BCUT2D eigenvalue weighted by Crippen LogP contribution is -2.25. The lowest BCUT2D eigenvalue weighted by atomic mass is 10.1. The number of carbonyl (C=O) groups is 1. The van der Waals surface area contributed by atoms with Gasteiger partial charge in [0.2, 0.25) is 0 Å². The van der Waals surface area contributed by atoms with Gasteiger partial charge < -0.3 is 9.47 Å². The number of esters is 1. The Labute approximate surface area is 168 Å². The predicted octanol–water partition coefficient (Wildman–Crippen LogP) is 5.38. The zero-order valence-corrected chi connectivity index (χ0v) is 17.3. The molecule has 0 N–H and O–H groups in total. The molecule has 1 aromatic carbocycles. The zero-order valence-electron chi connectivity index (χ0n) is 17.3. The summed E-state index contributed by atoms with van der Waals surface area (Å²) in [7, 11) is 0. The van der Waals surface area contributed by atoms with Gasteiger partial charge in [0.1, 0.15) is 5.75 Å². The fraction of sp³-hybridized carbons (Fsp3) is 0.522. The summed E-state index contributed by atoms with van der Waals surface area (Å²) < 4.78 is 10.6. The molecule has 0 amide bonds. The molecule has 1 unspecified atom stereocenters. The third kappa shape index (κ3) is 7.29. The van der Waals surface area contributed by atoms with Gasteiger partial charge in [-0.25, -0.2) is 14.8 Å². The molecule has 1 atom stereocenters. The third-order valence-corrected chi connectivity index (χ3v) is 4.57. The molecule has 0 fully saturated rings. The normalized spacial score (nSPS) is 11.8. The summed E-state index contributed by atoms with van der Waals surface area (Å²) >= 11 is 0. The van der Waals surface area contributed by atoms with Crippen LogP contribution in [0.15, 0.2) is 36.7 Å². The number of aromatic nitrogens is 2. The first-order chi connectivity index (χ1) is 13.6. The molecule has 5 heteroatoms. The van der Waals surface area contributed by atoms with E-state index >= 15 is 0 Å². The van der Waals surface area contributed by atoms with Crippen molar-refractivity contribution in [1.29, 1.82) is 0 Å². The molecule has 0 saturated carbocycles. The summed E-state index contributed by atoms with van der Waals surface area (Å²) in [6, 6.07) is 7.43. The van der Waals surface area contributed by atoms with Crippen LogP contribution < -0.4 is 4.74 Å². The van der Waals surface area contributed by atoms with E-state index in [-0.39, 0.29) is 5.97 Å². The summed E-state index contributed by atoms with van der Waals surface area (Å²) in [6.45, 7) is 6.04. The van der Waals surface area contributed by atoms with Crippen LogP contribution >= 0.6 is 0 Å². The minimum atomic E-state index is -0.636. The summed E-state index contributed by atoms with van der Waals surface area (Å²) in [4.78, 5) is 20.6. The van der Waals surface area contributed by atoms with Crippen LogP contribution in [0.3, 0.4) is 0 Å². The van der Waals surface area contributed by atoms with E-state index in [0.717, 1.165) is 12.0 Å². The molecular weight excluding hydrogens is 352 g/mol. The Hall–Kier alpha value is -2.43. The van der Waals surface area contributed by atoms with Gasteiger partial charge in [-0.3, -0.25) is 0 Å². The summed E-state index contributed by atoms with van der Waals surface area (Å²) in [5, 5.41) is 0. The Balaban J connectivity index is 1.84. The van der Waals surface area contributed by atoms with Crippen LogP contribution in [0.4, 0.5) is 0 Å². The van der Waals surface area contributed by atoms with Crippen molar-refractivity contribution in [3.63, 3.8) is 0 Å². The second-order valence-electron chi connectivity index (χ2n) is 6.97. The predicted molar refractivity (Wildman–Crippen MR) is 111 cm³/mol. The van der Waals surface area contributed by atoms with E-state index in [1.807, 2.05) is 36.7 Å². The Morgan fingerprint density at radius 2 is 1.61 bits per heavy atom. The summed E-state index contributed by atoms with van der Waals surface area (Å²) in [5.41, 5.74) is 2.10. The highest BCUT2D eigenvalue weighted by Crippen LogP contribution is 2.20. The fourth-order valence-corrected chi connectivity index (χ4v) is 2.94. The van der Waals surface area contributed by atoms with Crippen LogP contribution in [-0.2, 0) is 16.0 Å². The topological polar surface area (TPSA) is 61.3 Å². The van der Waals surface area contributed by atoms with Crippen molar-refractivity contribution in [3.05, 3.63) is 42.2 Å². The maximum atomic E-state index is 11.6. The quantitative estimate of drug-likeness (QED) is 0.363. The van der Waals surface area contributed by atoms with Gasteiger partial charge in [-0.15, -0.1) is 0 Å². The van der Waals surface area contributed by atoms with Crippen molar-refractivity contribution in [2.24, 2.45) is 0 Å². The van der Waals surface area contributed by atoms with Crippen molar-refractivity contribution in [2.45, 2.75) is 71.8 Å². The lowest BCUT2D eigenvalue weighted by molar-refractivity contribution is -0.150. The highest BCUT2D eigenvalue weighted by molar-refractivity contribution is 5.74. The van der Waals surface area contributed by atoms with Crippen molar-refractivity contribution in [3.8, 4) is 17.1 Å². The van der Waals surface area contributed by atoms with Crippen molar-refractivity contribution in [1.82, 2.24) is 9.97 Å². The van der Waals surface area contributed by atoms with Crippen LogP contribution in [0.1, 0.15) is 64.9 Å². The van der Waals surface area contributed by atoms with E-state index < -0.39 is 6.10 Å². The first kappa shape index (κ1) is 21.9. The van der Waals surface area contributed by atoms with E-state index in [9.17, 15) is 4.79 Å². The van der Waals surface area contributed by atoms with E-state index in [1.165, 1.54) is 44.1 Å². The molecule has 5 nitrogen and oxygen atoms in total. The Morgan fingerprint density at radius 3 is 2.25 bits per heavy atom. The number of aryl methyl sites for hydroxylation is 1. The molecule has 1 aromatic heterocycles. The molecule has 0 saturated heterocycles. The zero-order chi connectivity index (χ0) is 20.2. The van der Waals surface area contributed by atoms with Crippen LogP contribution in [0.25, 0.3) is 11.4 Å². The molecule has 0 radical (unpaired) electrons.